The molecule has 0 aromatic rings. The summed E-state index contributed by atoms with van der Waals surface area (Å²) in [6.07, 6.45) is 1.40. The summed E-state index contributed by atoms with van der Waals surface area (Å²) in [6, 6.07) is -0.167. The Bertz CT molecular complexity index is 607. The van der Waals surface area contributed by atoms with Gasteiger partial charge in [0, 0.05) is 38.1 Å². The van der Waals surface area contributed by atoms with Gasteiger partial charge < -0.3 is 25.4 Å². The molecule has 3 N–H and O–H groups in total. The first-order chi connectivity index (χ1) is 13.0. The Labute approximate surface area is 167 Å². The number of carbonyl (C=O) groups is 3. The molecule has 0 radical (unpaired) electrons. The van der Waals surface area contributed by atoms with E-state index >= 15 is 0 Å². The van der Waals surface area contributed by atoms with E-state index in [1.54, 1.807) is 4.90 Å². The number of nitrogens with zero attached hydrogens (tertiary/aromatic N) is 1. The number of hydrogen-bond acceptors (Lipinski definition) is 4. The molecule has 3 unspecified atom stereocenters. The minimum absolute atomic E-state index is 0.167. The third-order valence-corrected chi connectivity index (χ3v) is 6.21. The summed E-state index contributed by atoms with van der Waals surface area (Å²) in [4.78, 5) is 39.0. The van der Waals surface area contributed by atoms with Crippen LogP contribution in [0.1, 0.15) is 53.9 Å². The molecule has 1 aliphatic heterocycles. The number of amides is 3. The van der Waals surface area contributed by atoms with Crippen LogP contribution in [-0.2, 0) is 14.3 Å². The van der Waals surface area contributed by atoms with Crippen LogP contribution in [0.5, 0.6) is 0 Å². The number of carbonyl (C=O) groups excluding carboxylic acids is 2. The third kappa shape index (κ3) is 4.26. The predicted octanol–water partition coefficient (Wildman–Crippen LogP) is 1.84. The number of ether oxygens (including phenoxy) is 1. The lowest BCUT2D eigenvalue weighted by Crippen LogP contribution is -2.76. The first kappa shape index (κ1) is 22.5. The second-order valence-corrected chi connectivity index (χ2v) is 8.93. The minimum Gasteiger partial charge on any atom is -0.479 e. The van der Waals surface area contributed by atoms with Gasteiger partial charge in [-0.05, 0) is 25.7 Å². The Morgan fingerprint density at radius 1 is 1.29 bits per heavy atom. The molecule has 160 valence electrons. The lowest BCUT2D eigenvalue weighted by Gasteiger charge is -2.58. The topological polar surface area (TPSA) is 108 Å². The van der Waals surface area contributed by atoms with Crippen molar-refractivity contribution in [3.63, 3.8) is 0 Å². The van der Waals surface area contributed by atoms with Crippen molar-refractivity contribution in [2.75, 3.05) is 26.2 Å². The molecular formula is C20H35N3O5. The minimum atomic E-state index is -1.34. The number of rotatable bonds is 7. The lowest BCUT2D eigenvalue weighted by molar-refractivity contribution is -0.195. The molecule has 2 aliphatic rings. The monoisotopic (exact) mass is 397 g/mol. The van der Waals surface area contributed by atoms with Crippen LogP contribution in [0.2, 0.25) is 0 Å². The van der Waals surface area contributed by atoms with Gasteiger partial charge in [0.1, 0.15) is 5.54 Å². The van der Waals surface area contributed by atoms with Gasteiger partial charge in [-0.15, -0.1) is 0 Å². The SMILES string of the molecule is CCOC1CC(NC(=O)C2CCCN(C(=O)NCC(C)C)C2)(C(=O)O)C1(C)C. The van der Waals surface area contributed by atoms with Crippen molar-refractivity contribution in [1.82, 2.24) is 15.5 Å². The van der Waals surface area contributed by atoms with E-state index in [1.807, 2.05) is 34.6 Å². The third-order valence-electron chi connectivity index (χ3n) is 6.21. The summed E-state index contributed by atoms with van der Waals surface area (Å²) >= 11 is 0. The average Bonchev–Trinajstić information content (AvgIpc) is 2.64. The molecule has 1 saturated carbocycles. The number of aliphatic carboxylic acids is 1. The number of likely N-dealkylation sites (tertiary alicyclic amines) is 1. The molecule has 1 heterocycles. The highest BCUT2D eigenvalue weighted by Crippen LogP contribution is 2.51. The highest BCUT2D eigenvalue weighted by Gasteiger charge is 2.66. The Morgan fingerprint density at radius 2 is 1.96 bits per heavy atom. The van der Waals surface area contributed by atoms with Crippen molar-refractivity contribution in [1.29, 1.82) is 0 Å². The van der Waals surface area contributed by atoms with E-state index in [-0.39, 0.29) is 24.5 Å². The molecule has 8 nitrogen and oxygen atoms in total. The number of urea groups is 1. The predicted molar refractivity (Wildman–Crippen MR) is 105 cm³/mol. The van der Waals surface area contributed by atoms with E-state index in [4.69, 9.17) is 4.74 Å². The molecule has 1 saturated heterocycles. The summed E-state index contributed by atoms with van der Waals surface area (Å²) in [6.45, 7) is 11.5. The largest absolute Gasteiger partial charge is 0.479 e. The van der Waals surface area contributed by atoms with Gasteiger partial charge in [0.2, 0.25) is 5.91 Å². The number of nitrogens with one attached hydrogen (secondary N) is 2. The molecule has 3 amide bonds. The summed E-state index contributed by atoms with van der Waals surface area (Å²) in [7, 11) is 0. The van der Waals surface area contributed by atoms with Crippen LogP contribution in [0, 0.1) is 17.3 Å². The van der Waals surface area contributed by atoms with E-state index in [0.29, 0.717) is 38.6 Å². The number of carboxylic acids is 1. The normalized spacial score (nSPS) is 29.1. The summed E-state index contributed by atoms with van der Waals surface area (Å²) in [5.74, 6) is -1.39. The molecule has 0 aromatic carbocycles. The molecule has 1 aliphatic carbocycles. The first-order valence-corrected chi connectivity index (χ1v) is 10.2. The fourth-order valence-corrected chi connectivity index (χ4v) is 4.13. The number of carboxylic acid groups (broad SMARTS) is 1. The van der Waals surface area contributed by atoms with E-state index in [1.165, 1.54) is 0 Å². The molecule has 2 fully saturated rings. The second-order valence-electron chi connectivity index (χ2n) is 8.93. The molecule has 0 aromatic heterocycles. The molecule has 3 atom stereocenters. The molecule has 0 bridgehead atoms. The zero-order valence-electron chi connectivity index (χ0n) is 17.7. The molecule has 2 rings (SSSR count). The quantitative estimate of drug-likeness (QED) is 0.607. The van der Waals surface area contributed by atoms with Gasteiger partial charge >= 0.3 is 12.0 Å². The summed E-state index contributed by atoms with van der Waals surface area (Å²) in [5, 5.41) is 15.6. The lowest BCUT2D eigenvalue weighted by atomic mass is 9.54. The van der Waals surface area contributed by atoms with Crippen LogP contribution in [0.3, 0.4) is 0 Å². The van der Waals surface area contributed by atoms with E-state index in [9.17, 15) is 19.5 Å². The smallest absolute Gasteiger partial charge is 0.330 e. The second kappa shape index (κ2) is 8.68. The van der Waals surface area contributed by atoms with Gasteiger partial charge in [-0.25, -0.2) is 9.59 Å². The van der Waals surface area contributed by atoms with Crippen molar-refractivity contribution in [2.24, 2.45) is 17.3 Å². The van der Waals surface area contributed by atoms with Gasteiger partial charge in [-0.1, -0.05) is 27.7 Å². The number of piperidine rings is 1. The maximum Gasteiger partial charge on any atom is 0.330 e. The van der Waals surface area contributed by atoms with Crippen LogP contribution in [0.25, 0.3) is 0 Å². The standard InChI is InChI=1S/C20H35N3O5/c1-6-28-15-10-20(17(25)26,19(15,4)5)22-16(24)14-8-7-9-23(12-14)18(27)21-11-13(2)3/h13-15H,6-12H2,1-5H3,(H,21,27)(H,22,24)(H,25,26). The Hall–Kier alpha value is -1.83. The Morgan fingerprint density at radius 3 is 2.50 bits per heavy atom. The van der Waals surface area contributed by atoms with E-state index in [0.717, 1.165) is 6.42 Å². The van der Waals surface area contributed by atoms with Crippen molar-refractivity contribution >= 4 is 17.9 Å². The molecular weight excluding hydrogens is 362 g/mol. The maximum atomic E-state index is 12.9. The highest BCUT2D eigenvalue weighted by atomic mass is 16.5. The zero-order valence-corrected chi connectivity index (χ0v) is 17.7. The van der Waals surface area contributed by atoms with Crippen molar-refractivity contribution in [3.8, 4) is 0 Å². The Kier molecular flexibility index (Phi) is 6.96. The van der Waals surface area contributed by atoms with Crippen LogP contribution >= 0.6 is 0 Å². The van der Waals surface area contributed by atoms with Crippen molar-refractivity contribution in [3.05, 3.63) is 0 Å². The van der Waals surface area contributed by atoms with Crippen LogP contribution in [0.4, 0.5) is 4.79 Å². The van der Waals surface area contributed by atoms with Gasteiger partial charge in [-0.2, -0.15) is 0 Å². The average molecular weight is 398 g/mol. The fourth-order valence-electron chi connectivity index (χ4n) is 4.13. The summed E-state index contributed by atoms with van der Waals surface area (Å²) in [5.41, 5.74) is -2.06. The molecule has 8 heteroatoms. The van der Waals surface area contributed by atoms with E-state index in [2.05, 4.69) is 10.6 Å². The van der Waals surface area contributed by atoms with Crippen LogP contribution in [-0.4, -0.2) is 65.8 Å². The summed E-state index contributed by atoms with van der Waals surface area (Å²) < 4.78 is 5.64. The van der Waals surface area contributed by atoms with Gasteiger partial charge in [0.05, 0.1) is 12.0 Å². The highest BCUT2D eigenvalue weighted by molar-refractivity contribution is 5.90. The molecule has 28 heavy (non-hydrogen) atoms. The molecule has 0 spiro atoms. The maximum absolute atomic E-state index is 12.9. The van der Waals surface area contributed by atoms with Gasteiger partial charge in [0.15, 0.2) is 0 Å². The van der Waals surface area contributed by atoms with Crippen molar-refractivity contribution < 1.29 is 24.2 Å². The Balaban J connectivity index is 2.02. The van der Waals surface area contributed by atoms with Crippen LogP contribution < -0.4 is 10.6 Å². The van der Waals surface area contributed by atoms with Gasteiger partial charge in [-0.3, -0.25) is 4.79 Å². The fraction of sp³-hybridized carbons (Fsp3) is 0.850. The zero-order chi connectivity index (χ0) is 21.1. The first-order valence-electron chi connectivity index (χ1n) is 10.2. The van der Waals surface area contributed by atoms with Gasteiger partial charge in [0.25, 0.3) is 0 Å². The number of hydrogen-bond donors (Lipinski definition) is 3. The van der Waals surface area contributed by atoms with E-state index < -0.39 is 22.8 Å². The van der Waals surface area contributed by atoms with Crippen molar-refractivity contribution in [2.45, 2.75) is 65.5 Å². The van der Waals surface area contributed by atoms with Crippen LogP contribution in [0.15, 0.2) is 0 Å².